The summed E-state index contributed by atoms with van der Waals surface area (Å²) in [6.45, 7) is 15.4. The van der Waals surface area contributed by atoms with E-state index in [4.69, 9.17) is 0 Å². The summed E-state index contributed by atoms with van der Waals surface area (Å²) >= 11 is 0. The molecule has 0 aromatic carbocycles. The van der Waals surface area contributed by atoms with Gasteiger partial charge in [-0.15, -0.1) is 0 Å². The first kappa shape index (κ1) is 24.0. The van der Waals surface area contributed by atoms with E-state index in [9.17, 15) is 19.8 Å². The zero-order valence-electron chi connectivity index (χ0n) is 21.3. The predicted octanol–water partition coefficient (Wildman–Crippen LogP) is 6.94. The number of rotatable bonds is 4. The summed E-state index contributed by atoms with van der Waals surface area (Å²) in [5.74, 6) is -1.20. The Morgan fingerprint density at radius 2 is 1.79 bits per heavy atom. The lowest BCUT2D eigenvalue weighted by Gasteiger charge is -2.68. The van der Waals surface area contributed by atoms with Crippen molar-refractivity contribution in [2.24, 2.45) is 33.5 Å². The summed E-state index contributed by atoms with van der Waals surface area (Å²) in [5, 5.41) is 20.0. The maximum absolute atomic E-state index is 12.6. The van der Waals surface area contributed by atoms with E-state index in [2.05, 4.69) is 46.8 Å². The lowest BCUT2D eigenvalue weighted by Crippen LogP contribution is -2.60. The van der Waals surface area contributed by atoms with Crippen LogP contribution in [0.2, 0.25) is 0 Å². The van der Waals surface area contributed by atoms with Crippen LogP contribution in [0, 0.1) is 33.5 Å². The zero-order chi connectivity index (χ0) is 24.6. The smallest absolute Gasteiger partial charge is 0.306 e. The molecule has 0 radical (unpaired) electrons. The molecule has 180 valence electrons. The minimum absolute atomic E-state index is 0.0251. The molecule has 0 saturated heterocycles. The highest BCUT2D eigenvalue weighted by atomic mass is 16.4. The van der Waals surface area contributed by atoms with E-state index in [-0.39, 0.29) is 39.1 Å². The number of aliphatic hydroxyl groups is 1. The fraction of sp³-hybridized carbons (Fsp3) is 0.655. The van der Waals surface area contributed by atoms with Gasteiger partial charge in [-0.2, -0.15) is 0 Å². The number of aliphatic carboxylic acids is 1. The van der Waals surface area contributed by atoms with Crippen LogP contribution < -0.4 is 0 Å². The lowest BCUT2D eigenvalue weighted by atomic mass is 9.36. The van der Waals surface area contributed by atoms with Gasteiger partial charge in [0.15, 0.2) is 5.76 Å². The van der Waals surface area contributed by atoms with Crippen LogP contribution in [0.1, 0.15) is 87.0 Å². The van der Waals surface area contributed by atoms with Gasteiger partial charge in [0, 0.05) is 11.0 Å². The fourth-order valence-electron chi connectivity index (χ4n) is 7.99. The topological polar surface area (TPSA) is 74.6 Å². The highest BCUT2D eigenvalue weighted by Gasteiger charge is 2.65. The number of fused-ring (bicyclic) bond motifs is 5. The number of hydrogen-bond donors (Lipinski definition) is 2. The maximum atomic E-state index is 12.6. The molecule has 33 heavy (non-hydrogen) atoms. The predicted molar refractivity (Wildman–Crippen MR) is 131 cm³/mol. The zero-order valence-corrected chi connectivity index (χ0v) is 21.3. The van der Waals surface area contributed by atoms with Crippen LogP contribution in [0.3, 0.4) is 0 Å². The second-order valence-electron chi connectivity index (χ2n) is 12.2. The average molecular weight is 453 g/mol. The van der Waals surface area contributed by atoms with E-state index < -0.39 is 5.97 Å². The number of carboxylic acid groups (broad SMARTS) is 1. The van der Waals surface area contributed by atoms with Gasteiger partial charge >= 0.3 is 5.97 Å². The Labute approximate surface area is 198 Å². The molecule has 4 nitrogen and oxygen atoms in total. The third-order valence-electron chi connectivity index (χ3n) is 10.8. The molecule has 0 aromatic heterocycles. The monoisotopic (exact) mass is 452 g/mol. The van der Waals surface area contributed by atoms with Crippen molar-refractivity contribution in [1.82, 2.24) is 0 Å². The Bertz CT molecular complexity index is 1040. The number of aliphatic hydroxyl groups excluding tert-OH is 1. The van der Waals surface area contributed by atoms with Crippen LogP contribution in [0.4, 0.5) is 0 Å². The molecule has 2 fully saturated rings. The van der Waals surface area contributed by atoms with Crippen molar-refractivity contribution < 1.29 is 19.8 Å². The molecule has 0 unspecified atom stereocenters. The first-order valence-electron chi connectivity index (χ1n) is 12.6. The molecule has 4 rings (SSSR count). The van der Waals surface area contributed by atoms with E-state index >= 15 is 0 Å². The van der Waals surface area contributed by atoms with Gasteiger partial charge in [0.1, 0.15) is 0 Å². The van der Waals surface area contributed by atoms with Crippen molar-refractivity contribution in [2.45, 2.75) is 87.0 Å². The molecular weight excluding hydrogens is 412 g/mol. The molecule has 4 heteroatoms. The van der Waals surface area contributed by atoms with Crippen LogP contribution in [-0.4, -0.2) is 22.0 Å². The molecule has 0 aromatic rings. The Kier molecular flexibility index (Phi) is 5.43. The highest BCUT2D eigenvalue weighted by molar-refractivity contribution is 6.06. The molecule has 0 bridgehead atoms. The first-order valence-corrected chi connectivity index (χ1v) is 12.6. The summed E-state index contributed by atoms with van der Waals surface area (Å²) in [7, 11) is 0. The average Bonchev–Trinajstić information content (AvgIpc) is 2.77. The van der Waals surface area contributed by atoms with Crippen molar-refractivity contribution in [3.8, 4) is 0 Å². The summed E-state index contributed by atoms with van der Waals surface area (Å²) in [5.41, 5.74) is 3.84. The van der Waals surface area contributed by atoms with Gasteiger partial charge in [0.2, 0.25) is 5.78 Å². The van der Waals surface area contributed by atoms with Crippen LogP contribution in [0.25, 0.3) is 0 Å². The first-order chi connectivity index (χ1) is 15.2. The van der Waals surface area contributed by atoms with Crippen LogP contribution in [0.5, 0.6) is 0 Å². The number of carbonyl (C=O) groups excluding carboxylic acids is 1. The van der Waals surface area contributed by atoms with E-state index in [1.165, 1.54) is 5.57 Å². The van der Waals surface area contributed by atoms with E-state index in [1.54, 1.807) is 6.08 Å². The molecule has 4 aliphatic rings. The van der Waals surface area contributed by atoms with Crippen molar-refractivity contribution in [3.05, 3.63) is 46.3 Å². The number of hydrogen-bond acceptors (Lipinski definition) is 3. The lowest BCUT2D eigenvalue weighted by molar-refractivity contribution is -0.151. The summed E-state index contributed by atoms with van der Waals surface area (Å²) < 4.78 is 0. The Hall–Kier alpha value is -2.10. The van der Waals surface area contributed by atoms with Crippen molar-refractivity contribution in [3.63, 3.8) is 0 Å². The molecule has 0 amide bonds. The van der Waals surface area contributed by atoms with Gasteiger partial charge in [-0.25, -0.2) is 0 Å². The van der Waals surface area contributed by atoms with E-state index in [1.807, 2.05) is 13.8 Å². The summed E-state index contributed by atoms with van der Waals surface area (Å²) in [6.07, 6.45) is 11.9. The maximum Gasteiger partial charge on any atom is 0.306 e. The minimum atomic E-state index is -0.706. The standard InChI is InChI=1S/C29H40O4/c1-8-26(4)11-13-28(6)22-10-9-19-18(3)24(31)21(30)16-20(19)27(22,5)12-14-29(28,7)23(26)15-17(2)25(32)33/h9-10,16-17,23,31H,8,11-15H2,1-7H3,(H,32,33)/t17-,23+,26+,27-,28+,29-/m0/s1. The fourth-order valence-corrected chi connectivity index (χ4v) is 7.99. The number of carboxylic acids is 1. The van der Waals surface area contributed by atoms with Gasteiger partial charge < -0.3 is 10.2 Å². The molecule has 4 aliphatic carbocycles. The van der Waals surface area contributed by atoms with Crippen LogP contribution >= 0.6 is 0 Å². The quantitative estimate of drug-likeness (QED) is 0.484. The number of carbonyl (C=O) groups is 2. The van der Waals surface area contributed by atoms with Crippen molar-refractivity contribution in [2.75, 3.05) is 0 Å². The van der Waals surface area contributed by atoms with E-state index in [0.29, 0.717) is 17.9 Å². The van der Waals surface area contributed by atoms with Gasteiger partial charge in [-0.3, -0.25) is 9.59 Å². The third-order valence-corrected chi connectivity index (χ3v) is 10.8. The minimum Gasteiger partial charge on any atom is -0.504 e. The Morgan fingerprint density at radius 1 is 1.12 bits per heavy atom. The van der Waals surface area contributed by atoms with E-state index in [0.717, 1.165) is 43.3 Å². The summed E-state index contributed by atoms with van der Waals surface area (Å²) in [4.78, 5) is 24.4. The molecule has 0 heterocycles. The Balaban J connectivity index is 1.86. The SMILES string of the molecule is CC[C@]1(C)CC[C@]2(C)C3=CC=C4C(=CC(=O)C(O)=C4C)[C@]3(C)CC[C@@]2(C)[C@@H]1C[C@H](C)C(=O)O. The molecule has 0 spiro atoms. The highest BCUT2D eigenvalue weighted by Crippen LogP contribution is 2.73. The largest absolute Gasteiger partial charge is 0.504 e. The molecular formula is C29H40O4. The number of allylic oxidation sites excluding steroid dienone is 7. The molecule has 2 saturated carbocycles. The Morgan fingerprint density at radius 3 is 2.39 bits per heavy atom. The van der Waals surface area contributed by atoms with Crippen LogP contribution in [0.15, 0.2) is 46.3 Å². The van der Waals surface area contributed by atoms with Gasteiger partial charge in [0.05, 0.1) is 5.92 Å². The van der Waals surface area contributed by atoms with Crippen LogP contribution in [-0.2, 0) is 9.59 Å². The molecule has 2 N–H and O–H groups in total. The normalized spacial score (nSPS) is 41.2. The summed E-state index contributed by atoms with van der Waals surface area (Å²) in [6, 6.07) is 0. The second-order valence-corrected chi connectivity index (χ2v) is 12.2. The van der Waals surface area contributed by atoms with Crippen molar-refractivity contribution in [1.29, 1.82) is 0 Å². The second kappa shape index (κ2) is 7.45. The molecule has 0 aliphatic heterocycles. The van der Waals surface area contributed by atoms with Gasteiger partial charge in [0.25, 0.3) is 0 Å². The molecule has 6 atom stereocenters. The third kappa shape index (κ3) is 3.08. The van der Waals surface area contributed by atoms with Crippen molar-refractivity contribution >= 4 is 11.8 Å². The van der Waals surface area contributed by atoms with Gasteiger partial charge in [-0.1, -0.05) is 65.7 Å². The van der Waals surface area contributed by atoms with Gasteiger partial charge in [-0.05, 0) is 78.4 Å². The number of ketones is 1.